The van der Waals surface area contributed by atoms with E-state index in [1.807, 2.05) is 0 Å². The Bertz CT molecular complexity index is 650. The molecule has 1 saturated heterocycles. The molecule has 11 heteroatoms. The quantitative estimate of drug-likeness (QED) is 0.316. The highest BCUT2D eigenvalue weighted by Gasteiger charge is 2.35. The summed E-state index contributed by atoms with van der Waals surface area (Å²) in [5, 5.41) is 19.3. The van der Waals surface area contributed by atoms with Crippen LogP contribution in [0.25, 0.3) is 0 Å². The minimum absolute atomic E-state index is 0.122. The van der Waals surface area contributed by atoms with Crippen LogP contribution in [0.3, 0.4) is 0 Å². The number of carbonyl (C=O) groups excluding carboxylic acids is 2. The second kappa shape index (κ2) is 8.11. The second-order valence-electron chi connectivity index (χ2n) is 4.84. The first-order chi connectivity index (χ1) is 11.4. The average Bonchev–Trinajstić information content (AvgIpc) is 2.87. The summed E-state index contributed by atoms with van der Waals surface area (Å²) >= 11 is 0. The third-order valence-corrected chi connectivity index (χ3v) is 5.80. The zero-order chi connectivity index (χ0) is 17.7. The Kier molecular flexibility index (Phi) is 6.15. The monoisotopic (exact) mass is 371 g/mol. The molecule has 1 fully saturated rings. The summed E-state index contributed by atoms with van der Waals surface area (Å²) in [6, 6.07) is 2.76. The van der Waals surface area contributed by atoms with Crippen LogP contribution in [-0.4, -0.2) is 43.1 Å². The van der Waals surface area contributed by atoms with Crippen LogP contribution in [0.15, 0.2) is 23.4 Å². The lowest BCUT2D eigenvalue weighted by Crippen LogP contribution is -2.37. The number of carboxylic acid groups (broad SMARTS) is 1. The van der Waals surface area contributed by atoms with Crippen LogP contribution in [0.5, 0.6) is 0 Å². The molecule has 9 nitrogen and oxygen atoms in total. The zero-order valence-corrected chi connectivity index (χ0v) is 13.9. The minimum Gasteiger partial charge on any atom is -0.481 e. The molecule has 0 spiro atoms. The van der Waals surface area contributed by atoms with Crippen molar-refractivity contribution in [1.82, 2.24) is 9.88 Å². The fraction of sp³-hybridized carbons (Fsp3) is 0.385. The summed E-state index contributed by atoms with van der Waals surface area (Å²) in [5.41, 5.74) is -0.142. The zero-order valence-electron chi connectivity index (χ0n) is 12.3. The molecule has 1 aromatic heterocycles. The molecule has 1 aliphatic heterocycles. The van der Waals surface area contributed by atoms with Crippen LogP contribution in [0.1, 0.15) is 25.7 Å². The van der Waals surface area contributed by atoms with E-state index in [-0.39, 0.29) is 43.2 Å². The fourth-order valence-electron chi connectivity index (χ4n) is 2.02. The van der Waals surface area contributed by atoms with Crippen molar-refractivity contribution in [2.75, 3.05) is 0 Å². The summed E-state index contributed by atoms with van der Waals surface area (Å²) in [4.78, 5) is 49.5. The summed E-state index contributed by atoms with van der Waals surface area (Å²) < 4.78 is 0. The van der Waals surface area contributed by atoms with Crippen molar-refractivity contribution < 1.29 is 24.4 Å². The average molecular weight is 371 g/mol. The van der Waals surface area contributed by atoms with E-state index in [0.717, 1.165) is 32.7 Å². The molecule has 2 amide bonds. The van der Waals surface area contributed by atoms with Crippen LogP contribution < -0.4 is 0 Å². The number of rotatable bonds is 8. The number of hydrogen-bond acceptors (Lipinski definition) is 8. The highest BCUT2D eigenvalue weighted by Crippen LogP contribution is 2.38. The molecule has 2 heterocycles. The Hall–Kier alpha value is -2.14. The maximum Gasteiger partial charge on any atom is 0.303 e. The first kappa shape index (κ1) is 18.2. The standard InChI is InChI=1S/C13H13N3O6S2/c17-10-3-4-11(18)15(10)12(5-6-13(19)20)24-23-9-2-1-8(7-14-9)16(21)22/h1-2,7,12H,3-6H2,(H,19,20). The molecule has 0 aromatic carbocycles. The topological polar surface area (TPSA) is 131 Å². The van der Waals surface area contributed by atoms with Gasteiger partial charge in [-0.1, -0.05) is 10.8 Å². The number of carboxylic acids is 1. The minimum atomic E-state index is -1.02. The lowest BCUT2D eigenvalue weighted by atomic mass is 10.3. The van der Waals surface area contributed by atoms with Crippen molar-refractivity contribution in [3.05, 3.63) is 28.4 Å². The smallest absolute Gasteiger partial charge is 0.303 e. The number of hydrogen-bond donors (Lipinski definition) is 1. The molecule has 0 aliphatic carbocycles. The van der Waals surface area contributed by atoms with E-state index in [2.05, 4.69) is 4.98 Å². The molecule has 0 radical (unpaired) electrons. The number of amides is 2. The predicted molar refractivity (Wildman–Crippen MR) is 86.1 cm³/mol. The Labute approximate surface area is 144 Å². The van der Waals surface area contributed by atoms with Crippen LogP contribution in [-0.2, 0) is 14.4 Å². The Morgan fingerprint density at radius 2 is 2.04 bits per heavy atom. The first-order valence-corrected chi connectivity index (χ1v) is 9.10. The summed E-state index contributed by atoms with van der Waals surface area (Å²) in [6.45, 7) is 0. The van der Waals surface area contributed by atoms with Crippen molar-refractivity contribution in [2.45, 2.75) is 36.1 Å². The summed E-state index contributed by atoms with van der Waals surface area (Å²) in [7, 11) is 2.28. The maximum absolute atomic E-state index is 11.8. The van der Waals surface area contributed by atoms with E-state index in [0.29, 0.717) is 5.03 Å². The SMILES string of the molecule is O=C(O)CCC(SSc1ccc([N+](=O)[O-])cn1)N1C(=O)CCC1=O. The maximum atomic E-state index is 11.8. The Morgan fingerprint density at radius 1 is 1.38 bits per heavy atom. The summed E-state index contributed by atoms with van der Waals surface area (Å²) in [6.07, 6.45) is 1.31. The van der Waals surface area contributed by atoms with Gasteiger partial charge in [0.25, 0.3) is 5.69 Å². The first-order valence-electron chi connectivity index (χ1n) is 6.89. The number of carbonyl (C=O) groups is 3. The third kappa shape index (κ3) is 4.68. The molecule has 1 atom stereocenters. The molecule has 0 bridgehead atoms. The predicted octanol–water partition coefficient (Wildman–Crippen LogP) is 2.07. The summed E-state index contributed by atoms with van der Waals surface area (Å²) in [5.74, 6) is -1.65. The van der Waals surface area contributed by atoms with Gasteiger partial charge in [0, 0.05) is 25.3 Å². The lowest BCUT2D eigenvalue weighted by molar-refractivity contribution is -0.385. The fourth-order valence-corrected chi connectivity index (χ4v) is 4.45. The molecule has 1 N–H and O–H groups in total. The van der Waals surface area contributed by atoms with Gasteiger partial charge in [0.05, 0.1) is 10.3 Å². The van der Waals surface area contributed by atoms with Gasteiger partial charge in [0.1, 0.15) is 11.2 Å². The lowest BCUT2D eigenvalue weighted by Gasteiger charge is -2.24. The van der Waals surface area contributed by atoms with Gasteiger partial charge in [0.2, 0.25) is 11.8 Å². The molecule has 2 rings (SSSR count). The van der Waals surface area contributed by atoms with Gasteiger partial charge in [-0.3, -0.25) is 29.4 Å². The van der Waals surface area contributed by atoms with E-state index >= 15 is 0 Å². The van der Waals surface area contributed by atoms with E-state index in [1.165, 1.54) is 12.1 Å². The number of aromatic nitrogens is 1. The Balaban J connectivity index is 2.04. The second-order valence-corrected chi connectivity index (χ2v) is 7.23. The van der Waals surface area contributed by atoms with Crippen LogP contribution in [0.4, 0.5) is 5.69 Å². The van der Waals surface area contributed by atoms with Crippen molar-refractivity contribution >= 4 is 45.1 Å². The van der Waals surface area contributed by atoms with Crippen molar-refractivity contribution in [3.63, 3.8) is 0 Å². The van der Waals surface area contributed by atoms with Crippen molar-refractivity contribution in [1.29, 1.82) is 0 Å². The van der Waals surface area contributed by atoms with Gasteiger partial charge < -0.3 is 5.11 Å². The molecule has 24 heavy (non-hydrogen) atoms. The van der Waals surface area contributed by atoms with Crippen molar-refractivity contribution in [2.24, 2.45) is 0 Å². The molecule has 0 saturated carbocycles. The number of likely N-dealkylation sites (tertiary alicyclic amines) is 1. The van der Waals surface area contributed by atoms with E-state index in [4.69, 9.17) is 5.11 Å². The number of aliphatic carboxylic acids is 1. The Morgan fingerprint density at radius 3 is 2.54 bits per heavy atom. The van der Waals surface area contributed by atoms with Crippen molar-refractivity contribution in [3.8, 4) is 0 Å². The number of nitrogens with zero attached hydrogens (tertiary/aromatic N) is 3. The van der Waals surface area contributed by atoms with Gasteiger partial charge in [-0.05, 0) is 23.3 Å². The van der Waals surface area contributed by atoms with E-state index < -0.39 is 16.3 Å². The van der Waals surface area contributed by atoms with E-state index in [1.54, 1.807) is 0 Å². The number of pyridine rings is 1. The molecule has 128 valence electrons. The molecule has 1 unspecified atom stereocenters. The third-order valence-electron chi connectivity index (χ3n) is 3.16. The van der Waals surface area contributed by atoms with Gasteiger partial charge >= 0.3 is 5.97 Å². The van der Waals surface area contributed by atoms with E-state index in [9.17, 15) is 24.5 Å². The van der Waals surface area contributed by atoms with Gasteiger partial charge in [-0.2, -0.15) is 0 Å². The molecule has 1 aromatic rings. The largest absolute Gasteiger partial charge is 0.481 e. The molecular weight excluding hydrogens is 358 g/mol. The molecule has 1 aliphatic rings. The van der Waals surface area contributed by atoms with Gasteiger partial charge in [-0.15, -0.1) is 0 Å². The highest BCUT2D eigenvalue weighted by atomic mass is 33.1. The van der Waals surface area contributed by atoms with Gasteiger partial charge in [-0.25, -0.2) is 4.98 Å². The van der Waals surface area contributed by atoms with Gasteiger partial charge in [0.15, 0.2) is 0 Å². The van der Waals surface area contributed by atoms with Crippen LogP contribution in [0, 0.1) is 10.1 Å². The number of nitro groups is 1. The normalized spacial score (nSPS) is 15.6. The highest BCUT2D eigenvalue weighted by molar-refractivity contribution is 8.76. The number of imide groups is 1. The van der Waals surface area contributed by atoms with Crippen LogP contribution >= 0.6 is 21.6 Å². The van der Waals surface area contributed by atoms with Crippen LogP contribution in [0.2, 0.25) is 0 Å². The molecular formula is C13H13N3O6S2.